The number of primary amides is 1. The van der Waals surface area contributed by atoms with E-state index in [0.29, 0.717) is 0 Å². The molecule has 0 aliphatic carbocycles. The van der Waals surface area contributed by atoms with Gasteiger partial charge in [-0.05, 0) is 43.2 Å². The lowest BCUT2D eigenvalue weighted by Crippen LogP contribution is -2.47. The molecule has 0 bridgehead atoms. The highest BCUT2D eigenvalue weighted by Crippen LogP contribution is 2.54. The van der Waals surface area contributed by atoms with E-state index in [-0.39, 0.29) is 22.5 Å². The maximum atomic E-state index is 14.2. The molecule has 6 nitrogen and oxygen atoms in total. The fourth-order valence-electron chi connectivity index (χ4n) is 3.91. The van der Waals surface area contributed by atoms with Crippen molar-refractivity contribution in [3.8, 4) is 0 Å². The van der Waals surface area contributed by atoms with Crippen LogP contribution in [0.2, 0.25) is 0 Å². The van der Waals surface area contributed by atoms with Gasteiger partial charge in [0.15, 0.2) is 17.2 Å². The number of carbonyl (C=O) groups is 2. The zero-order valence-electron chi connectivity index (χ0n) is 17.3. The summed E-state index contributed by atoms with van der Waals surface area (Å²) in [6.45, 7) is 3.27. The number of ether oxygens (including phenoxy) is 1. The Balaban J connectivity index is 2.05. The number of amides is 2. The van der Waals surface area contributed by atoms with Crippen LogP contribution in [0.25, 0.3) is 0 Å². The Morgan fingerprint density at radius 1 is 1.22 bits per heavy atom. The molecule has 1 aromatic carbocycles. The van der Waals surface area contributed by atoms with Crippen molar-refractivity contribution in [2.45, 2.75) is 44.6 Å². The van der Waals surface area contributed by atoms with Gasteiger partial charge >= 0.3 is 6.18 Å². The molecule has 3 rings (SSSR count). The van der Waals surface area contributed by atoms with Crippen LogP contribution in [0.1, 0.15) is 41.4 Å². The third-order valence-electron chi connectivity index (χ3n) is 5.95. The minimum atomic E-state index is -4.85. The van der Waals surface area contributed by atoms with Gasteiger partial charge in [-0.2, -0.15) is 13.2 Å². The second-order valence-corrected chi connectivity index (χ2v) is 7.82. The van der Waals surface area contributed by atoms with Crippen molar-refractivity contribution in [1.29, 1.82) is 0 Å². The Hall–Kier alpha value is -3.08. The van der Waals surface area contributed by atoms with Gasteiger partial charge in [0.2, 0.25) is 0 Å². The first-order chi connectivity index (χ1) is 14.8. The summed E-state index contributed by atoms with van der Waals surface area (Å²) in [6.07, 6.45) is -5.35. The molecule has 0 radical (unpaired) electrons. The highest BCUT2D eigenvalue weighted by molar-refractivity contribution is 5.97. The first kappa shape index (κ1) is 23.6. The lowest BCUT2D eigenvalue weighted by molar-refractivity contribution is -0.272. The van der Waals surface area contributed by atoms with Gasteiger partial charge in [-0.3, -0.25) is 14.6 Å². The molecule has 0 saturated carbocycles. The third kappa shape index (κ3) is 3.92. The van der Waals surface area contributed by atoms with Crippen LogP contribution in [-0.4, -0.2) is 34.7 Å². The van der Waals surface area contributed by atoms with Gasteiger partial charge < -0.3 is 15.8 Å². The van der Waals surface area contributed by atoms with Crippen LogP contribution in [0.4, 0.5) is 27.6 Å². The first-order valence-corrected chi connectivity index (χ1v) is 9.53. The molecule has 0 spiro atoms. The fraction of sp³-hybridized carbons (Fsp3) is 0.381. The molecule has 1 aromatic heterocycles. The topological polar surface area (TPSA) is 94.3 Å². The van der Waals surface area contributed by atoms with Crippen molar-refractivity contribution >= 4 is 17.5 Å². The lowest BCUT2D eigenvalue weighted by atomic mass is 9.76. The monoisotopic (exact) mass is 457 g/mol. The second-order valence-electron chi connectivity index (χ2n) is 7.82. The molecule has 1 aliphatic rings. The summed E-state index contributed by atoms with van der Waals surface area (Å²) >= 11 is 0. The minimum absolute atomic E-state index is 0.0251. The van der Waals surface area contributed by atoms with Crippen LogP contribution in [0.15, 0.2) is 30.5 Å². The summed E-state index contributed by atoms with van der Waals surface area (Å²) < 4.78 is 74.7. The van der Waals surface area contributed by atoms with Crippen LogP contribution in [0.3, 0.4) is 0 Å². The Morgan fingerprint density at radius 2 is 1.88 bits per heavy atom. The summed E-state index contributed by atoms with van der Waals surface area (Å²) in [5.41, 5.74) is 2.11. The number of halogens is 5. The molecule has 1 aliphatic heterocycles. The van der Waals surface area contributed by atoms with E-state index in [1.165, 1.54) is 26.1 Å². The van der Waals surface area contributed by atoms with E-state index in [4.69, 9.17) is 10.5 Å². The smallest absolute Gasteiger partial charge is 0.364 e. The Labute approximate surface area is 180 Å². The van der Waals surface area contributed by atoms with Crippen molar-refractivity contribution < 1.29 is 36.3 Å². The standard InChI is InChI=1S/C21H20F5N3O3/c1-9-12(4-5-13(22)16(9)23)15-10(2)20(3,21(24,25)26)32-17(15)19(31)29-11-6-7-28-14(8-11)18(27)30/h4-8,10,15,17H,1-3H3,(H2,27,30)(H,28,29,31)/t10-,15-,17-,20-/m0/s1. The third-order valence-corrected chi connectivity index (χ3v) is 5.95. The summed E-state index contributed by atoms with van der Waals surface area (Å²) in [4.78, 5) is 28.0. The minimum Gasteiger partial charge on any atom is -0.364 e. The highest BCUT2D eigenvalue weighted by atomic mass is 19.4. The number of aromatic nitrogens is 1. The number of alkyl halides is 3. The van der Waals surface area contributed by atoms with Crippen LogP contribution in [0.5, 0.6) is 0 Å². The summed E-state index contributed by atoms with van der Waals surface area (Å²) in [7, 11) is 0. The van der Waals surface area contributed by atoms with E-state index in [2.05, 4.69) is 10.3 Å². The summed E-state index contributed by atoms with van der Waals surface area (Å²) in [5, 5.41) is 2.39. The van der Waals surface area contributed by atoms with Crippen molar-refractivity contribution in [3.63, 3.8) is 0 Å². The molecule has 11 heteroatoms. The van der Waals surface area contributed by atoms with Crippen LogP contribution in [0, 0.1) is 24.5 Å². The summed E-state index contributed by atoms with van der Waals surface area (Å²) in [5.74, 6) is -6.76. The highest BCUT2D eigenvalue weighted by Gasteiger charge is 2.65. The van der Waals surface area contributed by atoms with E-state index < -0.39 is 53.2 Å². The predicted molar refractivity (Wildman–Crippen MR) is 104 cm³/mol. The molecule has 2 amide bonds. The number of anilines is 1. The van der Waals surface area contributed by atoms with Crippen molar-refractivity contribution in [3.05, 3.63) is 58.9 Å². The number of hydrogen-bond acceptors (Lipinski definition) is 4. The van der Waals surface area contributed by atoms with Crippen molar-refractivity contribution in [2.24, 2.45) is 11.7 Å². The van der Waals surface area contributed by atoms with Gasteiger partial charge in [0.25, 0.3) is 11.8 Å². The number of carbonyl (C=O) groups excluding carboxylic acids is 2. The molecule has 32 heavy (non-hydrogen) atoms. The summed E-state index contributed by atoms with van der Waals surface area (Å²) in [6, 6.07) is 4.41. The Kier molecular flexibility index (Phi) is 5.98. The molecule has 1 saturated heterocycles. The molecule has 3 N–H and O–H groups in total. The van der Waals surface area contributed by atoms with Gasteiger partial charge in [0, 0.05) is 23.7 Å². The van der Waals surface area contributed by atoms with Gasteiger partial charge in [-0.15, -0.1) is 0 Å². The van der Waals surface area contributed by atoms with Crippen LogP contribution in [-0.2, 0) is 9.53 Å². The first-order valence-electron chi connectivity index (χ1n) is 9.53. The van der Waals surface area contributed by atoms with Crippen LogP contribution < -0.4 is 11.1 Å². The molecule has 2 aromatic rings. The lowest BCUT2D eigenvalue weighted by Gasteiger charge is -2.32. The SMILES string of the molecule is Cc1c([C@H]2[C@@H](C(=O)Nc3ccnc(C(N)=O)c3)O[C@](C)(C(F)(F)F)[C@H]2C)ccc(F)c1F. The maximum Gasteiger partial charge on any atom is 0.417 e. The van der Waals surface area contributed by atoms with E-state index in [0.717, 1.165) is 25.1 Å². The van der Waals surface area contributed by atoms with Gasteiger partial charge in [-0.25, -0.2) is 8.78 Å². The van der Waals surface area contributed by atoms with Gasteiger partial charge in [0.1, 0.15) is 11.8 Å². The number of nitrogens with one attached hydrogen (secondary N) is 1. The number of nitrogens with zero attached hydrogens (tertiary/aromatic N) is 1. The molecular formula is C21H20F5N3O3. The molecule has 172 valence electrons. The van der Waals surface area contributed by atoms with Crippen molar-refractivity contribution in [1.82, 2.24) is 4.98 Å². The molecule has 4 atom stereocenters. The normalized spacial score (nSPS) is 25.6. The molecule has 0 unspecified atom stereocenters. The zero-order chi connectivity index (χ0) is 24.0. The second kappa shape index (κ2) is 8.12. The number of pyridine rings is 1. The average molecular weight is 457 g/mol. The number of nitrogens with two attached hydrogens (primary N) is 1. The van der Waals surface area contributed by atoms with Crippen LogP contribution >= 0.6 is 0 Å². The van der Waals surface area contributed by atoms with Gasteiger partial charge in [0.05, 0.1) is 0 Å². The fourth-order valence-corrected chi connectivity index (χ4v) is 3.91. The average Bonchev–Trinajstić information content (AvgIpc) is 2.99. The van der Waals surface area contributed by atoms with Gasteiger partial charge in [-0.1, -0.05) is 13.0 Å². The number of benzene rings is 1. The van der Waals surface area contributed by atoms with E-state index in [1.807, 2.05) is 0 Å². The number of rotatable bonds is 4. The Bertz CT molecular complexity index is 1080. The van der Waals surface area contributed by atoms with E-state index in [9.17, 15) is 31.5 Å². The largest absolute Gasteiger partial charge is 0.417 e. The maximum absolute atomic E-state index is 14.2. The zero-order valence-corrected chi connectivity index (χ0v) is 17.3. The molecule has 1 fully saturated rings. The molecule has 2 heterocycles. The predicted octanol–water partition coefficient (Wildman–Crippen LogP) is 3.85. The Morgan fingerprint density at radius 3 is 2.47 bits per heavy atom. The quantitative estimate of drug-likeness (QED) is 0.682. The van der Waals surface area contributed by atoms with Crippen molar-refractivity contribution in [2.75, 3.05) is 5.32 Å². The van der Waals surface area contributed by atoms with E-state index >= 15 is 0 Å². The van der Waals surface area contributed by atoms with E-state index in [1.54, 1.807) is 0 Å². The molecular weight excluding hydrogens is 437 g/mol. The number of hydrogen-bond donors (Lipinski definition) is 2.